The van der Waals surface area contributed by atoms with Gasteiger partial charge < -0.3 is 10.0 Å². The summed E-state index contributed by atoms with van der Waals surface area (Å²) in [4.78, 5) is 2.47. The van der Waals surface area contributed by atoms with Crippen LogP contribution < -0.4 is 4.90 Å². The Bertz CT molecular complexity index is 367. The Labute approximate surface area is 111 Å². The van der Waals surface area contributed by atoms with Gasteiger partial charge in [0.15, 0.2) is 0 Å². The third-order valence-electron chi connectivity index (χ3n) is 3.77. The molecule has 2 nitrogen and oxygen atoms in total. The van der Waals surface area contributed by atoms with Crippen molar-refractivity contribution in [3.8, 4) is 0 Å². The third kappa shape index (κ3) is 3.26. The molecule has 0 aliphatic heterocycles. The fraction of sp³-hybridized carbons (Fsp3) is 0.625. The van der Waals surface area contributed by atoms with Crippen molar-refractivity contribution in [2.45, 2.75) is 52.2 Å². The molecular weight excluding hydrogens is 222 g/mol. The number of hydrogen-bond donors (Lipinski definition) is 1. The zero-order valence-electron chi connectivity index (χ0n) is 11.8. The molecule has 0 unspecified atom stereocenters. The number of benzene rings is 1. The maximum Gasteiger partial charge on any atom is 0.0787 e. The quantitative estimate of drug-likeness (QED) is 0.827. The molecule has 0 spiro atoms. The Morgan fingerprint density at radius 3 is 2.28 bits per heavy atom. The zero-order chi connectivity index (χ0) is 13.1. The summed E-state index contributed by atoms with van der Waals surface area (Å²) in [6, 6.07) is 8.96. The molecule has 0 bridgehead atoms. The maximum atomic E-state index is 9.81. The molecule has 1 aliphatic rings. The highest BCUT2D eigenvalue weighted by molar-refractivity contribution is 5.49. The predicted octanol–water partition coefficient (Wildman–Crippen LogP) is 3.75. The van der Waals surface area contributed by atoms with Crippen LogP contribution in [0.15, 0.2) is 24.3 Å². The average Bonchev–Trinajstić information content (AvgIpc) is 3.19. The van der Waals surface area contributed by atoms with Crippen LogP contribution in [0.1, 0.15) is 51.7 Å². The number of hydrogen-bond acceptors (Lipinski definition) is 2. The second kappa shape index (κ2) is 5.75. The summed E-state index contributed by atoms with van der Waals surface area (Å²) in [6.45, 7) is 7.67. The highest BCUT2D eigenvalue weighted by atomic mass is 16.3. The van der Waals surface area contributed by atoms with Crippen LogP contribution in [0, 0.1) is 5.92 Å². The van der Waals surface area contributed by atoms with Crippen molar-refractivity contribution >= 4 is 5.69 Å². The Hall–Kier alpha value is -1.02. The highest BCUT2D eigenvalue weighted by Gasteiger charge is 2.25. The van der Waals surface area contributed by atoms with Crippen LogP contribution >= 0.6 is 0 Å². The molecule has 0 aromatic heterocycles. The van der Waals surface area contributed by atoms with Crippen molar-refractivity contribution < 1.29 is 5.11 Å². The summed E-state index contributed by atoms with van der Waals surface area (Å²) in [7, 11) is 0. The van der Waals surface area contributed by atoms with Crippen molar-refractivity contribution in [3.05, 3.63) is 29.8 Å². The first-order valence-corrected chi connectivity index (χ1v) is 7.16. The monoisotopic (exact) mass is 247 g/mol. The summed E-state index contributed by atoms with van der Waals surface area (Å²) >= 11 is 0. The van der Waals surface area contributed by atoms with Crippen LogP contribution in [0.5, 0.6) is 0 Å². The smallest absolute Gasteiger partial charge is 0.0787 e. The van der Waals surface area contributed by atoms with Crippen molar-refractivity contribution in [2.24, 2.45) is 5.92 Å². The minimum Gasteiger partial charge on any atom is -0.388 e. The van der Waals surface area contributed by atoms with Gasteiger partial charge in [0.05, 0.1) is 6.10 Å². The molecule has 2 rings (SSSR count). The summed E-state index contributed by atoms with van der Waals surface area (Å²) in [6.07, 6.45) is 3.22. The molecule has 1 fully saturated rings. The first kappa shape index (κ1) is 13.4. The molecule has 1 N–H and O–H groups in total. The van der Waals surface area contributed by atoms with Gasteiger partial charge in [0, 0.05) is 18.3 Å². The van der Waals surface area contributed by atoms with E-state index in [-0.39, 0.29) is 6.10 Å². The maximum absolute atomic E-state index is 9.81. The molecule has 1 atom stereocenters. The van der Waals surface area contributed by atoms with Crippen molar-refractivity contribution in [1.29, 1.82) is 0 Å². The van der Waals surface area contributed by atoms with Crippen molar-refractivity contribution in [2.75, 3.05) is 11.4 Å². The molecule has 18 heavy (non-hydrogen) atoms. The van der Waals surface area contributed by atoms with Gasteiger partial charge in [-0.25, -0.2) is 0 Å². The summed E-state index contributed by atoms with van der Waals surface area (Å²) < 4.78 is 0. The Morgan fingerprint density at radius 2 is 1.83 bits per heavy atom. The van der Waals surface area contributed by atoms with Crippen LogP contribution in [0.3, 0.4) is 0 Å². The molecule has 0 heterocycles. The van der Waals surface area contributed by atoms with Gasteiger partial charge in [-0.05, 0) is 56.7 Å². The van der Waals surface area contributed by atoms with E-state index in [4.69, 9.17) is 0 Å². The van der Waals surface area contributed by atoms with Crippen LogP contribution in [0.4, 0.5) is 5.69 Å². The molecule has 1 aliphatic carbocycles. The van der Waals surface area contributed by atoms with Gasteiger partial charge in [-0.3, -0.25) is 0 Å². The number of rotatable bonds is 6. The third-order valence-corrected chi connectivity index (χ3v) is 3.77. The standard InChI is InChI=1S/C16H25NO/c1-4-16(18)14-7-9-15(10-8-14)17(12(2)3)11-13-5-6-13/h7-10,12-13,16,18H,4-6,11H2,1-3H3/t16-/m1/s1. The van der Waals surface area contributed by atoms with E-state index < -0.39 is 0 Å². The van der Waals surface area contributed by atoms with Gasteiger partial charge >= 0.3 is 0 Å². The van der Waals surface area contributed by atoms with E-state index in [0.717, 1.165) is 17.9 Å². The average molecular weight is 247 g/mol. The lowest BCUT2D eigenvalue weighted by Gasteiger charge is -2.29. The second-order valence-corrected chi connectivity index (χ2v) is 5.71. The lowest BCUT2D eigenvalue weighted by molar-refractivity contribution is 0.173. The minimum absolute atomic E-state index is 0.324. The van der Waals surface area contributed by atoms with Gasteiger partial charge in [0.1, 0.15) is 0 Å². The molecule has 0 amide bonds. The number of aliphatic hydroxyl groups excluding tert-OH is 1. The van der Waals surface area contributed by atoms with Gasteiger partial charge in [-0.2, -0.15) is 0 Å². The number of aliphatic hydroxyl groups is 1. The lowest BCUT2D eigenvalue weighted by atomic mass is 10.1. The van der Waals surface area contributed by atoms with E-state index in [9.17, 15) is 5.11 Å². The molecule has 0 radical (unpaired) electrons. The Morgan fingerprint density at radius 1 is 1.22 bits per heavy atom. The van der Waals surface area contributed by atoms with E-state index in [2.05, 4.69) is 43.0 Å². The van der Waals surface area contributed by atoms with Crippen LogP contribution in [0.2, 0.25) is 0 Å². The molecule has 1 aromatic carbocycles. The zero-order valence-corrected chi connectivity index (χ0v) is 11.8. The topological polar surface area (TPSA) is 23.5 Å². The van der Waals surface area contributed by atoms with Gasteiger partial charge in [0.25, 0.3) is 0 Å². The second-order valence-electron chi connectivity index (χ2n) is 5.71. The Balaban J connectivity index is 2.09. The van der Waals surface area contributed by atoms with E-state index in [1.165, 1.54) is 25.1 Å². The van der Waals surface area contributed by atoms with Gasteiger partial charge in [-0.15, -0.1) is 0 Å². The summed E-state index contributed by atoms with van der Waals surface area (Å²) in [5.41, 5.74) is 2.31. The van der Waals surface area contributed by atoms with E-state index in [1.54, 1.807) is 0 Å². The summed E-state index contributed by atoms with van der Waals surface area (Å²) in [5, 5.41) is 9.81. The molecule has 2 heteroatoms. The van der Waals surface area contributed by atoms with Gasteiger partial charge in [0.2, 0.25) is 0 Å². The Kier molecular flexibility index (Phi) is 4.28. The van der Waals surface area contributed by atoms with Crippen LogP contribution in [-0.2, 0) is 0 Å². The van der Waals surface area contributed by atoms with Crippen LogP contribution in [-0.4, -0.2) is 17.7 Å². The van der Waals surface area contributed by atoms with Crippen molar-refractivity contribution in [1.82, 2.24) is 0 Å². The first-order valence-electron chi connectivity index (χ1n) is 7.16. The van der Waals surface area contributed by atoms with Crippen molar-refractivity contribution in [3.63, 3.8) is 0 Å². The fourth-order valence-electron chi connectivity index (χ4n) is 2.32. The largest absolute Gasteiger partial charge is 0.388 e. The first-order chi connectivity index (χ1) is 8.61. The van der Waals surface area contributed by atoms with Crippen LogP contribution in [0.25, 0.3) is 0 Å². The molecule has 1 saturated carbocycles. The number of anilines is 1. The highest BCUT2D eigenvalue weighted by Crippen LogP contribution is 2.32. The fourth-order valence-corrected chi connectivity index (χ4v) is 2.32. The SMILES string of the molecule is CC[C@@H](O)c1ccc(N(CC2CC2)C(C)C)cc1. The van der Waals surface area contributed by atoms with E-state index >= 15 is 0 Å². The lowest BCUT2D eigenvalue weighted by Crippen LogP contribution is -2.32. The van der Waals surface area contributed by atoms with E-state index in [0.29, 0.717) is 6.04 Å². The molecule has 1 aromatic rings. The number of nitrogens with zero attached hydrogens (tertiary/aromatic N) is 1. The van der Waals surface area contributed by atoms with Gasteiger partial charge in [-0.1, -0.05) is 19.1 Å². The minimum atomic E-state index is -0.324. The molecular formula is C16H25NO. The predicted molar refractivity (Wildman–Crippen MR) is 76.9 cm³/mol. The summed E-state index contributed by atoms with van der Waals surface area (Å²) in [5.74, 6) is 0.897. The normalized spacial score (nSPS) is 16.9. The van der Waals surface area contributed by atoms with E-state index in [1.807, 2.05) is 6.92 Å². The molecule has 0 saturated heterocycles. The molecule has 100 valence electrons.